The third-order valence-electron chi connectivity index (χ3n) is 4.70. The molecular formula is C19H34O5. The molecule has 0 amide bonds. The van der Waals surface area contributed by atoms with Gasteiger partial charge >= 0.3 is 5.97 Å². The summed E-state index contributed by atoms with van der Waals surface area (Å²) < 4.78 is 22.0. The highest BCUT2D eigenvalue weighted by atomic mass is 16.5. The van der Waals surface area contributed by atoms with Crippen molar-refractivity contribution >= 4 is 5.97 Å². The number of hydrogen-bond acceptors (Lipinski definition) is 5. The Morgan fingerprint density at radius 2 is 1.50 bits per heavy atom. The standard InChI is InChI=1S/C19H34O5/c20-19-11-10-18(24-19)8-2-4-13-22-15-6-14-21-12-3-1-7-17-9-5-16-23-17/h17-18H,1-16H2. The lowest BCUT2D eigenvalue weighted by molar-refractivity contribution is -0.141. The van der Waals surface area contributed by atoms with E-state index in [9.17, 15) is 4.79 Å². The van der Waals surface area contributed by atoms with Crippen LogP contribution < -0.4 is 0 Å². The van der Waals surface area contributed by atoms with Crippen LogP contribution in [0.5, 0.6) is 0 Å². The average Bonchev–Trinajstić information content (AvgIpc) is 3.23. The molecule has 2 heterocycles. The average molecular weight is 342 g/mol. The first kappa shape index (κ1) is 19.7. The van der Waals surface area contributed by atoms with Gasteiger partial charge in [0.1, 0.15) is 6.10 Å². The van der Waals surface area contributed by atoms with Gasteiger partial charge in [-0.15, -0.1) is 0 Å². The Balaban J connectivity index is 1.23. The number of rotatable bonds is 14. The first-order valence-corrected chi connectivity index (χ1v) is 9.81. The van der Waals surface area contributed by atoms with E-state index in [0.29, 0.717) is 12.5 Å². The molecule has 2 aliphatic heterocycles. The molecule has 2 fully saturated rings. The molecule has 2 rings (SSSR count). The number of carbonyl (C=O) groups excluding carboxylic acids is 1. The molecule has 140 valence electrons. The molecule has 0 aromatic carbocycles. The highest BCUT2D eigenvalue weighted by molar-refractivity contribution is 5.71. The lowest BCUT2D eigenvalue weighted by Gasteiger charge is -2.09. The highest BCUT2D eigenvalue weighted by Gasteiger charge is 2.22. The number of esters is 1. The minimum absolute atomic E-state index is 0.0388. The minimum Gasteiger partial charge on any atom is -0.462 e. The molecule has 0 aliphatic carbocycles. The van der Waals surface area contributed by atoms with E-state index in [1.54, 1.807) is 0 Å². The molecule has 0 spiro atoms. The molecule has 5 heteroatoms. The van der Waals surface area contributed by atoms with Gasteiger partial charge in [0, 0.05) is 39.5 Å². The molecule has 5 nitrogen and oxygen atoms in total. The number of ether oxygens (including phenoxy) is 4. The van der Waals surface area contributed by atoms with E-state index >= 15 is 0 Å². The van der Waals surface area contributed by atoms with Gasteiger partial charge in [-0.1, -0.05) is 0 Å². The van der Waals surface area contributed by atoms with Crippen molar-refractivity contribution in [2.45, 2.75) is 82.8 Å². The van der Waals surface area contributed by atoms with Gasteiger partial charge in [0.2, 0.25) is 0 Å². The summed E-state index contributed by atoms with van der Waals surface area (Å²) in [6.07, 6.45) is 12.2. The van der Waals surface area contributed by atoms with Crippen molar-refractivity contribution in [2.75, 3.05) is 33.0 Å². The molecule has 2 atom stereocenters. The second-order valence-electron chi connectivity index (χ2n) is 6.86. The number of unbranched alkanes of at least 4 members (excludes halogenated alkanes) is 2. The normalized spacial score (nSPS) is 23.8. The zero-order valence-corrected chi connectivity index (χ0v) is 15.0. The molecule has 0 radical (unpaired) electrons. The second kappa shape index (κ2) is 12.7. The molecule has 0 bridgehead atoms. The fourth-order valence-electron chi connectivity index (χ4n) is 3.28. The molecular weight excluding hydrogens is 308 g/mol. The van der Waals surface area contributed by atoms with Crippen molar-refractivity contribution in [3.63, 3.8) is 0 Å². The van der Waals surface area contributed by atoms with Crippen LogP contribution in [0.3, 0.4) is 0 Å². The van der Waals surface area contributed by atoms with E-state index < -0.39 is 0 Å². The molecule has 0 aromatic heterocycles. The molecule has 2 saturated heterocycles. The van der Waals surface area contributed by atoms with E-state index in [0.717, 1.165) is 71.6 Å². The second-order valence-corrected chi connectivity index (χ2v) is 6.86. The van der Waals surface area contributed by atoms with Crippen molar-refractivity contribution in [3.8, 4) is 0 Å². The third kappa shape index (κ3) is 9.00. The maximum atomic E-state index is 11.0. The fraction of sp³-hybridized carbons (Fsp3) is 0.947. The molecule has 2 aliphatic rings. The first-order chi connectivity index (χ1) is 11.8. The summed E-state index contributed by atoms with van der Waals surface area (Å²) in [4.78, 5) is 11.0. The summed E-state index contributed by atoms with van der Waals surface area (Å²) >= 11 is 0. The Morgan fingerprint density at radius 1 is 0.833 bits per heavy atom. The van der Waals surface area contributed by atoms with Gasteiger partial charge in [-0.05, 0) is 64.2 Å². The number of cyclic esters (lactones) is 1. The zero-order valence-electron chi connectivity index (χ0n) is 15.0. The minimum atomic E-state index is -0.0388. The molecule has 0 N–H and O–H groups in total. The van der Waals surface area contributed by atoms with Crippen LogP contribution in [0.15, 0.2) is 0 Å². The van der Waals surface area contributed by atoms with E-state index in [1.807, 2.05) is 0 Å². The van der Waals surface area contributed by atoms with Crippen molar-refractivity contribution < 1.29 is 23.7 Å². The van der Waals surface area contributed by atoms with Crippen molar-refractivity contribution in [2.24, 2.45) is 0 Å². The van der Waals surface area contributed by atoms with Crippen LogP contribution in [0.4, 0.5) is 0 Å². The van der Waals surface area contributed by atoms with Crippen LogP contribution in [0.1, 0.15) is 70.6 Å². The van der Waals surface area contributed by atoms with E-state index in [-0.39, 0.29) is 12.1 Å². The molecule has 2 unspecified atom stereocenters. The van der Waals surface area contributed by atoms with Crippen LogP contribution in [0.25, 0.3) is 0 Å². The van der Waals surface area contributed by atoms with Crippen molar-refractivity contribution in [3.05, 3.63) is 0 Å². The first-order valence-electron chi connectivity index (χ1n) is 9.81. The summed E-state index contributed by atoms with van der Waals surface area (Å²) in [6, 6.07) is 0. The largest absolute Gasteiger partial charge is 0.462 e. The van der Waals surface area contributed by atoms with E-state index in [4.69, 9.17) is 18.9 Å². The third-order valence-corrected chi connectivity index (χ3v) is 4.70. The SMILES string of the molecule is O=C1CCC(CCCCOCCCOCCCCC2CCCO2)O1. The van der Waals surface area contributed by atoms with Gasteiger partial charge in [0.05, 0.1) is 6.10 Å². The number of hydrogen-bond donors (Lipinski definition) is 0. The van der Waals surface area contributed by atoms with Crippen molar-refractivity contribution in [1.82, 2.24) is 0 Å². The Labute approximate surface area is 146 Å². The van der Waals surface area contributed by atoms with Crippen LogP contribution in [-0.2, 0) is 23.7 Å². The van der Waals surface area contributed by atoms with E-state index in [2.05, 4.69) is 0 Å². The van der Waals surface area contributed by atoms with Gasteiger partial charge in [-0.2, -0.15) is 0 Å². The van der Waals surface area contributed by atoms with Crippen LogP contribution in [0.2, 0.25) is 0 Å². The summed E-state index contributed by atoms with van der Waals surface area (Å²) in [6.45, 7) is 4.16. The van der Waals surface area contributed by atoms with Gasteiger partial charge in [-0.3, -0.25) is 4.79 Å². The topological polar surface area (TPSA) is 54.0 Å². The maximum absolute atomic E-state index is 11.0. The highest BCUT2D eigenvalue weighted by Crippen LogP contribution is 2.19. The number of carbonyl (C=O) groups is 1. The Kier molecular flexibility index (Phi) is 10.4. The summed E-state index contributed by atoms with van der Waals surface area (Å²) in [5.41, 5.74) is 0. The van der Waals surface area contributed by atoms with Gasteiger partial charge in [0.15, 0.2) is 0 Å². The van der Waals surface area contributed by atoms with Gasteiger partial charge < -0.3 is 18.9 Å². The summed E-state index contributed by atoms with van der Waals surface area (Å²) in [5.74, 6) is -0.0388. The monoisotopic (exact) mass is 342 g/mol. The molecule has 0 saturated carbocycles. The Hall–Kier alpha value is -0.650. The maximum Gasteiger partial charge on any atom is 0.306 e. The van der Waals surface area contributed by atoms with Crippen LogP contribution >= 0.6 is 0 Å². The Bertz CT molecular complexity index is 328. The predicted molar refractivity (Wildman–Crippen MR) is 92.0 cm³/mol. The van der Waals surface area contributed by atoms with E-state index in [1.165, 1.54) is 25.7 Å². The molecule has 24 heavy (non-hydrogen) atoms. The Morgan fingerprint density at radius 3 is 2.08 bits per heavy atom. The van der Waals surface area contributed by atoms with Gasteiger partial charge in [0.25, 0.3) is 0 Å². The fourth-order valence-corrected chi connectivity index (χ4v) is 3.28. The predicted octanol–water partition coefficient (Wildman–Crippen LogP) is 3.63. The summed E-state index contributed by atoms with van der Waals surface area (Å²) in [7, 11) is 0. The summed E-state index contributed by atoms with van der Waals surface area (Å²) in [5, 5.41) is 0. The molecule has 0 aromatic rings. The lowest BCUT2D eigenvalue weighted by atomic mass is 10.1. The van der Waals surface area contributed by atoms with Crippen LogP contribution in [0, 0.1) is 0 Å². The zero-order chi connectivity index (χ0) is 16.9. The van der Waals surface area contributed by atoms with Crippen molar-refractivity contribution in [1.29, 1.82) is 0 Å². The van der Waals surface area contributed by atoms with Crippen LogP contribution in [-0.4, -0.2) is 51.2 Å². The van der Waals surface area contributed by atoms with Gasteiger partial charge in [-0.25, -0.2) is 0 Å². The lowest BCUT2D eigenvalue weighted by Crippen LogP contribution is -2.08. The quantitative estimate of drug-likeness (QED) is 0.356. The smallest absolute Gasteiger partial charge is 0.306 e.